The van der Waals surface area contributed by atoms with Gasteiger partial charge in [0.05, 0.1) is 4.90 Å². The Labute approximate surface area is 102 Å². The SMILES string of the molecule is CCN(CC)S(=O)(=O)c1ccc(Cl)c(C)c1. The minimum atomic E-state index is -3.37. The van der Waals surface area contributed by atoms with Crippen LogP contribution in [0.15, 0.2) is 23.1 Å². The Morgan fingerprint density at radius 3 is 2.25 bits per heavy atom. The van der Waals surface area contributed by atoms with Gasteiger partial charge in [0.25, 0.3) is 0 Å². The Bertz CT molecular complexity index is 467. The van der Waals surface area contributed by atoms with E-state index < -0.39 is 10.0 Å². The molecule has 0 N–H and O–H groups in total. The summed E-state index contributed by atoms with van der Waals surface area (Å²) < 4.78 is 25.7. The van der Waals surface area contributed by atoms with Crippen LogP contribution >= 0.6 is 11.6 Å². The minimum Gasteiger partial charge on any atom is -0.207 e. The highest BCUT2D eigenvalue weighted by atomic mass is 35.5. The van der Waals surface area contributed by atoms with Crippen molar-refractivity contribution in [1.29, 1.82) is 0 Å². The molecule has 3 nitrogen and oxygen atoms in total. The Kier molecular flexibility index (Phi) is 4.35. The van der Waals surface area contributed by atoms with E-state index in [9.17, 15) is 8.42 Å². The van der Waals surface area contributed by atoms with Crippen LogP contribution in [0.5, 0.6) is 0 Å². The lowest BCUT2D eigenvalue weighted by Crippen LogP contribution is -2.30. The van der Waals surface area contributed by atoms with E-state index in [0.717, 1.165) is 5.56 Å². The normalized spacial score (nSPS) is 12.1. The molecule has 0 aliphatic heterocycles. The Morgan fingerprint density at radius 2 is 1.81 bits per heavy atom. The molecule has 0 heterocycles. The van der Waals surface area contributed by atoms with E-state index in [-0.39, 0.29) is 0 Å². The van der Waals surface area contributed by atoms with Crippen molar-refractivity contribution in [3.8, 4) is 0 Å². The van der Waals surface area contributed by atoms with Gasteiger partial charge in [-0.05, 0) is 30.7 Å². The Morgan fingerprint density at radius 1 is 1.25 bits per heavy atom. The predicted octanol–water partition coefficient (Wildman–Crippen LogP) is 2.68. The van der Waals surface area contributed by atoms with Crippen LogP contribution in [0.25, 0.3) is 0 Å². The second kappa shape index (κ2) is 5.17. The summed E-state index contributed by atoms with van der Waals surface area (Å²) in [6.45, 7) is 6.39. The highest BCUT2D eigenvalue weighted by Crippen LogP contribution is 2.21. The standard InChI is InChI=1S/C11H16ClNO2S/c1-4-13(5-2)16(14,15)10-6-7-11(12)9(3)8-10/h6-8H,4-5H2,1-3H3. The molecule has 0 aliphatic carbocycles. The third kappa shape index (κ3) is 2.56. The van der Waals surface area contributed by atoms with Crippen LogP contribution < -0.4 is 0 Å². The van der Waals surface area contributed by atoms with Gasteiger partial charge in [-0.3, -0.25) is 0 Å². The molecule has 0 atom stereocenters. The molecule has 0 aromatic heterocycles. The van der Waals surface area contributed by atoms with Gasteiger partial charge >= 0.3 is 0 Å². The molecule has 0 amide bonds. The fourth-order valence-corrected chi connectivity index (χ4v) is 3.15. The lowest BCUT2D eigenvalue weighted by atomic mass is 10.2. The molecule has 1 aromatic rings. The molecule has 16 heavy (non-hydrogen) atoms. The molecule has 0 bridgehead atoms. The molecule has 1 aromatic carbocycles. The summed E-state index contributed by atoms with van der Waals surface area (Å²) in [6.07, 6.45) is 0. The minimum absolute atomic E-state index is 0.304. The van der Waals surface area contributed by atoms with E-state index in [4.69, 9.17) is 11.6 Å². The molecular weight excluding hydrogens is 246 g/mol. The summed E-state index contributed by atoms with van der Waals surface area (Å²) in [7, 11) is -3.37. The van der Waals surface area contributed by atoms with Gasteiger partial charge in [-0.2, -0.15) is 4.31 Å². The van der Waals surface area contributed by atoms with Gasteiger partial charge in [-0.1, -0.05) is 25.4 Å². The molecule has 0 spiro atoms. The van der Waals surface area contributed by atoms with Gasteiger partial charge in [-0.15, -0.1) is 0 Å². The molecule has 0 saturated carbocycles. The summed E-state index contributed by atoms with van der Waals surface area (Å²) in [4.78, 5) is 0.304. The maximum atomic E-state index is 12.1. The zero-order valence-electron chi connectivity index (χ0n) is 9.70. The first-order chi connectivity index (χ1) is 7.43. The number of halogens is 1. The van der Waals surface area contributed by atoms with Crippen molar-refractivity contribution in [2.75, 3.05) is 13.1 Å². The maximum absolute atomic E-state index is 12.1. The van der Waals surface area contributed by atoms with Gasteiger partial charge in [0.2, 0.25) is 10.0 Å². The second-order valence-corrected chi connectivity index (χ2v) is 5.85. The molecule has 1 rings (SSSR count). The topological polar surface area (TPSA) is 37.4 Å². The highest BCUT2D eigenvalue weighted by Gasteiger charge is 2.21. The fraction of sp³-hybridized carbons (Fsp3) is 0.455. The first-order valence-electron chi connectivity index (χ1n) is 5.19. The monoisotopic (exact) mass is 261 g/mol. The van der Waals surface area contributed by atoms with Crippen molar-refractivity contribution in [2.45, 2.75) is 25.7 Å². The molecule has 0 aliphatic rings. The summed E-state index contributed by atoms with van der Waals surface area (Å²) in [5, 5.41) is 0.582. The number of aryl methyl sites for hydroxylation is 1. The summed E-state index contributed by atoms with van der Waals surface area (Å²) in [6, 6.07) is 4.77. The molecule has 0 saturated heterocycles. The zero-order chi connectivity index (χ0) is 12.3. The first-order valence-corrected chi connectivity index (χ1v) is 7.01. The maximum Gasteiger partial charge on any atom is 0.243 e. The number of rotatable bonds is 4. The van der Waals surface area contributed by atoms with Gasteiger partial charge in [-0.25, -0.2) is 8.42 Å². The third-order valence-electron chi connectivity index (χ3n) is 2.47. The quantitative estimate of drug-likeness (QED) is 0.836. The van der Waals surface area contributed by atoms with Crippen LogP contribution in [0.1, 0.15) is 19.4 Å². The number of nitrogens with zero attached hydrogens (tertiary/aromatic N) is 1. The lowest BCUT2D eigenvalue weighted by Gasteiger charge is -2.18. The van der Waals surface area contributed by atoms with Crippen molar-refractivity contribution in [1.82, 2.24) is 4.31 Å². The molecular formula is C11H16ClNO2S. The van der Waals surface area contributed by atoms with E-state index in [2.05, 4.69) is 0 Å². The summed E-state index contributed by atoms with van der Waals surface area (Å²) in [5.74, 6) is 0. The van der Waals surface area contributed by atoms with Crippen molar-refractivity contribution < 1.29 is 8.42 Å². The van der Waals surface area contributed by atoms with E-state index in [1.165, 1.54) is 4.31 Å². The molecule has 0 unspecified atom stereocenters. The van der Waals surface area contributed by atoms with Crippen LogP contribution in [-0.4, -0.2) is 25.8 Å². The van der Waals surface area contributed by atoms with E-state index in [1.807, 2.05) is 13.8 Å². The smallest absolute Gasteiger partial charge is 0.207 e. The van der Waals surface area contributed by atoms with Crippen molar-refractivity contribution in [3.05, 3.63) is 28.8 Å². The fourth-order valence-electron chi connectivity index (χ4n) is 1.49. The van der Waals surface area contributed by atoms with Crippen LogP contribution in [0.2, 0.25) is 5.02 Å². The second-order valence-electron chi connectivity index (χ2n) is 3.50. The number of hydrogen-bond acceptors (Lipinski definition) is 2. The van der Waals surface area contributed by atoms with Gasteiger partial charge in [0.15, 0.2) is 0 Å². The van der Waals surface area contributed by atoms with Gasteiger partial charge in [0, 0.05) is 18.1 Å². The summed E-state index contributed by atoms with van der Waals surface area (Å²) >= 11 is 5.87. The van der Waals surface area contributed by atoms with Crippen molar-refractivity contribution in [3.63, 3.8) is 0 Å². The number of hydrogen-bond donors (Lipinski definition) is 0. The number of benzene rings is 1. The highest BCUT2D eigenvalue weighted by molar-refractivity contribution is 7.89. The molecule has 90 valence electrons. The van der Waals surface area contributed by atoms with Crippen LogP contribution in [0.4, 0.5) is 0 Å². The molecule has 0 radical (unpaired) electrons. The van der Waals surface area contributed by atoms with Crippen LogP contribution in [-0.2, 0) is 10.0 Å². The van der Waals surface area contributed by atoms with Crippen molar-refractivity contribution >= 4 is 21.6 Å². The summed E-state index contributed by atoms with van der Waals surface area (Å²) in [5.41, 5.74) is 0.773. The first kappa shape index (κ1) is 13.5. The average Bonchev–Trinajstić information content (AvgIpc) is 2.23. The van der Waals surface area contributed by atoms with Crippen molar-refractivity contribution in [2.24, 2.45) is 0 Å². The van der Waals surface area contributed by atoms with Gasteiger partial charge < -0.3 is 0 Å². The van der Waals surface area contributed by atoms with E-state index in [0.29, 0.717) is 23.0 Å². The van der Waals surface area contributed by atoms with E-state index >= 15 is 0 Å². The lowest BCUT2D eigenvalue weighted by molar-refractivity contribution is 0.445. The average molecular weight is 262 g/mol. The van der Waals surface area contributed by atoms with Crippen LogP contribution in [0, 0.1) is 6.92 Å². The van der Waals surface area contributed by atoms with E-state index in [1.54, 1.807) is 25.1 Å². The molecule has 0 fully saturated rings. The van der Waals surface area contributed by atoms with Gasteiger partial charge in [0.1, 0.15) is 0 Å². The zero-order valence-corrected chi connectivity index (χ0v) is 11.3. The Hall–Kier alpha value is -0.580. The largest absolute Gasteiger partial charge is 0.243 e. The van der Waals surface area contributed by atoms with Crippen LogP contribution in [0.3, 0.4) is 0 Å². The molecule has 5 heteroatoms. The third-order valence-corrected chi connectivity index (χ3v) is 4.94. The number of sulfonamides is 1. The Balaban J connectivity index is 3.22. The predicted molar refractivity (Wildman–Crippen MR) is 66.3 cm³/mol.